The fraction of sp³-hybridized carbons (Fsp3) is 0.353. The van der Waals surface area contributed by atoms with E-state index in [0.29, 0.717) is 17.3 Å². The molecule has 6 heteroatoms. The van der Waals surface area contributed by atoms with Gasteiger partial charge in [-0.05, 0) is 52.0 Å². The first-order valence-corrected chi connectivity index (χ1v) is 7.36. The third-order valence-electron chi connectivity index (χ3n) is 2.92. The standard InChI is InChI=1S/C17H22N4O2/c1-11-18-14(16(22)21-17(2,3)4)10-15(19-11)20-12-6-8-13(23-5)9-7-12/h6-10H,1-5H3,(H,21,22)(H,18,19,20). The van der Waals surface area contributed by atoms with Crippen LogP contribution in [0, 0.1) is 6.92 Å². The van der Waals surface area contributed by atoms with Crippen molar-refractivity contribution in [3.8, 4) is 5.75 Å². The molecule has 0 unspecified atom stereocenters. The minimum atomic E-state index is -0.320. The van der Waals surface area contributed by atoms with E-state index in [1.807, 2.05) is 45.0 Å². The number of carbonyl (C=O) groups excluding carboxylic acids is 1. The van der Waals surface area contributed by atoms with Gasteiger partial charge in [0.25, 0.3) is 5.91 Å². The van der Waals surface area contributed by atoms with Crippen molar-refractivity contribution < 1.29 is 9.53 Å². The zero-order valence-corrected chi connectivity index (χ0v) is 14.1. The lowest BCUT2D eigenvalue weighted by molar-refractivity contribution is 0.0914. The second kappa shape index (κ2) is 6.64. The van der Waals surface area contributed by atoms with Gasteiger partial charge in [0.05, 0.1) is 7.11 Å². The predicted molar refractivity (Wildman–Crippen MR) is 90.3 cm³/mol. The molecule has 122 valence electrons. The Morgan fingerprint density at radius 2 is 1.78 bits per heavy atom. The van der Waals surface area contributed by atoms with Gasteiger partial charge >= 0.3 is 0 Å². The van der Waals surface area contributed by atoms with Gasteiger partial charge in [-0.15, -0.1) is 0 Å². The van der Waals surface area contributed by atoms with Crippen molar-refractivity contribution in [1.29, 1.82) is 0 Å². The number of nitrogens with one attached hydrogen (secondary N) is 2. The number of rotatable bonds is 4. The highest BCUT2D eigenvalue weighted by Crippen LogP contribution is 2.19. The van der Waals surface area contributed by atoms with Crippen molar-refractivity contribution in [2.45, 2.75) is 33.2 Å². The molecular weight excluding hydrogens is 292 g/mol. The molecule has 1 amide bonds. The minimum Gasteiger partial charge on any atom is -0.497 e. The number of benzene rings is 1. The molecule has 6 nitrogen and oxygen atoms in total. The van der Waals surface area contributed by atoms with Gasteiger partial charge < -0.3 is 15.4 Å². The van der Waals surface area contributed by atoms with E-state index < -0.39 is 0 Å². The molecule has 0 spiro atoms. The highest BCUT2D eigenvalue weighted by Gasteiger charge is 2.17. The molecule has 1 heterocycles. The summed E-state index contributed by atoms with van der Waals surface area (Å²) >= 11 is 0. The molecule has 2 N–H and O–H groups in total. The summed E-state index contributed by atoms with van der Waals surface area (Å²) in [5.74, 6) is 1.66. The first-order valence-electron chi connectivity index (χ1n) is 7.36. The number of amides is 1. The number of methoxy groups -OCH3 is 1. The molecule has 0 bridgehead atoms. The molecule has 0 aliphatic heterocycles. The van der Waals surface area contributed by atoms with Crippen molar-refractivity contribution in [1.82, 2.24) is 15.3 Å². The van der Waals surface area contributed by atoms with E-state index in [1.165, 1.54) is 0 Å². The fourth-order valence-corrected chi connectivity index (χ4v) is 1.97. The van der Waals surface area contributed by atoms with Crippen LogP contribution in [-0.2, 0) is 0 Å². The highest BCUT2D eigenvalue weighted by atomic mass is 16.5. The monoisotopic (exact) mass is 314 g/mol. The molecular formula is C17H22N4O2. The number of carbonyl (C=O) groups is 1. The van der Waals surface area contributed by atoms with Gasteiger partial charge in [-0.25, -0.2) is 9.97 Å². The number of anilines is 2. The van der Waals surface area contributed by atoms with E-state index in [2.05, 4.69) is 20.6 Å². The number of aromatic nitrogens is 2. The summed E-state index contributed by atoms with van der Waals surface area (Å²) in [6, 6.07) is 9.10. The summed E-state index contributed by atoms with van der Waals surface area (Å²) in [6.07, 6.45) is 0. The van der Waals surface area contributed by atoms with E-state index in [-0.39, 0.29) is 11.4 Å². The van der Waals surface area contributed by atoms with E-state index in [1.54, 1.807) is 20.1 Å². The molecule has 0 fully saturated rings. The number of hydrogen-bond acceptors (Lipinski definition) is 5. The van der Waals surface area contributed by atoms with E-state index >= 15 is 0 Å². The topological polar surface area (TPSA) is 76.1 Å². The van der Waals surface area contributed by atoms with Gasteiger partial charge in [0.15, 0.2) is 0 Å². The molecule has 0 aliphatic carbocycles. The predicted octanol–water partition coefficient (Wildman–Crippen LogP) is 3.07. The SMILES string of the molecule is COc1ccc(Nc2cc(C(=O)NC(C)(C)C)nc(C)n2)cc1. The maximum Gasteiger partial charge on any atom is 0.270 e. The largest absolute Gasteiger partial charge is 0.497 e. The summed E-state index contributed by atoms with van der Waals surface area (Å²) in [5.41, 5.74) is 0.869. The molecule has 1 aromatic heterocycles. The summed E-state index contributed by atoms with van der Waals surface area (Å²) in [4.78, 5) is 20.8. The summed E-state index contributed by atoms with van der Waals surface area (Å²) in [6.45, 7) is 7.54. The van der Waals surface area contributed by atoms with Crippen LogP contribution in [0.15, 0.2) is 30.3 Å². The Hall–Kier alpha value is -2.63. The van der Waals surface area contributed by atoms with E-state index in [9.17, 15) is 4.79 Å². The zero-order chi connectivity index (χ0) is 17.0. The second-order valence-corrected chi connectivity index (χ2v) is 6.24. The van der Waals surface area contributed by atoms with Crippen LogP contribution in [0.5, 0.6) is 5.75 Å². The number of aryl methyl sites for hydroxylation is 1. The maximum absolute atomic E-state index is 12.3. The van der Waals surface area contributed by atoms with Crippen LogP contribution in [0.3, 0.4) is 0 Å². The Balaban J connectivity index is 2.20. The van der Waals surface area contributed by atoms with Gasteiger partial charge in [-0.1, -0.05) is 0 Å². The van der Waals surface area contributed by atoms with Crippen LogP contribution >= 0.6 is 0 Å². The Morgan fingerprint density at radius 3 is 2.35 bits per heavy atom. The van der Waals surface area contributed by atoms with E-state index in [4.69, 9.17) is 4.74 Å². The fourth-order valence-electron chi connectivity index (χ4n) is 1.97. The summed E-state index contributed by atoms with van der Waals surface area (Å²) in [7, 11) is 1.62. The average Bonchev–Trinajstić information content (AvgIpc) is 2.45. The van der Waals surface area contributed by atoms with Crippen molar-refractivity contribution in [3.05, 3.63) is 41.9 Å². The quantitative estimate of drug-likeness (QED) is 0.907. The first kappa shape index (κ1) is 16.7. The Kier molecular flexibility index (Phi) is 4.83. The van der Waals surface area contributed by atoms with Crippen molar-refractivity contribution in [3.63, 3.8) is 0 Å². The first-order chi connectivity index (χ1) is 10.8. The van der Waals surface area contributed by atoms with Gasteiger partial charge in [-0.2, -0.15) is 0 Å². The molecule has 2 aromatic rings. The smallest absolute Gasteiger partial charge is 0.270 e. The van der Waals surface area contributed by atoms with Crippen LogP contribution in [0.1, 0.15) is 37.1 Å². The Morgan fingerprint density at radius 1 is 1.13 bits per heavy atom. The lowest BCUT2D eigenvalue weighted by Gasteiger charge is -2.20. The van der Waals surface area contributed by atoms with Crippen molar-refractivity contribution in [2.24, 2.45) is 0 Å². The third-order valence-corrected chi connectivity index (χ3v) is 2.92. The van der Waals surface area contributed by atoms with Crippen LogP contribution in [0.2, 0.25) is 0 Å². The normalized spacial score (nSPS) is 11.0. The molecule has 0 saturated carbocycles. The summed E-state index contributed by atoms with van der Waals surface area (Å²) < 4.78 is 5.13. The molecule has 0 aliphatic rings. The number of nitrogens with zero attached hydrogens (tertiary/aromatic N) is 2. The number of ether oxygens (including phenoxy) is 1. The van der Waals surface area contributed by atoms with Gasteiger partial charge in [0.1, 0.15) is 23.1 Å². The van der Waals surface area contributed by atoms with Gasteiger partial charge in [0, 0.05) is 17.3 Å². The molecule has 0 radical (unpaired) electrons. The minimum absolute atomic E-state index is 0.221. The van der Waals surface area contributed by atoms with E-state index in [0.717, 1.165) is 11.4 Å². The van der Waals surface area contributed by atoms with Crippen molar-refractivity contribution >= 4 is 17.4 Å². The Labute approximate surface area is 136 Å². The van der Waals surface area contributed by atoms with Gasteiger partial charge in [-0.3, -0.25) is 4.79 Å². The molecule has 1 aromatic carbocycles. The van der Waals surface area contributed by atoms with Crippen molar-refractivity contribution in [2.75, 3.05) is 12.4 Å². The highest BCUT2D eigenvalue weighted by molar-refractivity contribution is 5.93. The van der Waals surface area contributed by atoms with Crippen LogP contribution < -0.4 is 15.4 Å². The third kappa shape index (κ3) is 4.95. The lowest BCUT2D eigenvalue weighted by Crippen LogP contribution is -2.41. The number of hydrogen-bond donors (Lipinski definition) is 2. The molecule has 23 heavy (non-hydrogen) atoms. The lowest BCUT2D eigenvalue weighted by atomic mass is 10.1. The van der Waals surface area contributed by atoms with Crippen LogP contribution in [0.25, 0.3) is 0 Å². The average molecular weight is 314 g/mol. The Bertz CT molecular complexity index is 691. The molecule has 0 saturated heterocycles. The van der Waals surface area contributed by atoms with Gasteiger partial charge in [0.2, 0.25) is 0 Å². The van der Waals surface area contributed by atoms with Crippen LogP contribution in [0.4, 0.5) is 11.5 Å². The second-order valence-electron chi connectivity index (χ2n) is 6.24. The zero-order valence-electron chi connectivity index (χ0n) is 14.1. The molecule has 0 atom stereocenters. The maximum atomic E-state index is 12.3. The molecule has 2 rings (SSSR count). The summed E-state index contributed by atoms with van der Waals surface area (Å²) in [5, 5.41) is 6.06. The van der Waals surface area contributed by atoms with Crippen LogP contribution in [-0.4, -0.2) is 28.5 Å².